The number of benzene rings is 1. The molecule has 4 nitrogen and oxygen atoms in total. The monoisotopic (exact) mass is 276 g/mol. The first-order valence-electron chi connectivity index (χ1n) is 6.84. The van der Waals surface area contributed by atoms with Gasteiger partial charge in [0.1, 0.15) is 5.41 Å². The number of aryl methyl sites for hydroxylation is 2. The Balaban J connectivity index is 2.86. The molecular weight excluding hydrogens is 252 g/mol. The van der Waals surface area contributed by atoms with E-state index in [4.69, 9.17) is 0 Å². The Morgan fingerprint density at radius 1 is 1.10 bits per heavy atom. The van der Waals surface area contributed by atoms with E-state index in [1.807, 2.05) is 45.9 Å². The van der Waals surface area contributed by atoms with Crippen LogP contribution in [-0.2, 0) is 9.59 Å². The molecule has 2 amide bonds. The summed E-state index contributed by atoms with van der Waals surface area (Å²) in [6.45, 7) is 10.9. The normalized spacial score (nSPS) is 11.3. The zero-order valence-corrected chi connectivity index (χ0v) is 13.1. The predicted molar refractivity (Wildman–Crippen MR) is 81.6 cm³/mol. The summed E-state index contributed by atoms with van der Waals surface area (Å²) < 4.78 is 0. The summed E-state index contributed by atoms with van der Waals surface area (Å²) in [5, 5.41) is 5.61. The lowest BCUT2D eigenvalue weighted by Gasteiger charge is -2.24. The van der Waals surface area contributed by atoms with Crippen LogP contribution >= 0.6 is 0 Å². The molecule has 1 rings (SSSR count). The highest BCUT2D eigenvalue weighted by Gasteiger charge is 2.36. The van der Waals surface area contributed by atoms with Gasteiger partial charge in [0, 0.05) is 11.7 Å². The summed E-state index contributed by atoms with van der Waals surface area (Å²) in [6.07, 6.45) is 0. The SMILES string of the molecule is Cc1ccc(NC(=O)C(C)(C)C(=O)NC(C)C)c(C)c1. The van der Waals surface area contributed by atoms with Crippen LogP contribution in [0.4, 0.5) is 5.69 Å². The average Bonchev–Trinajstić information content (AvgIpc) is 2.31. The first kappa shape index (κ1) is 16.2. The van der Waals surface area contributed by atoms with Crippen molar-refractivity contribution in [2.24, 2.45) is 5.41 Å². The molecule has 0 spiro atoms. The van der Waals surface area contributed by atoms with E-state index in [0.29, 0.717) is 0 Å². The molecule has 0 atom stereocenters. The number of rotatable bonds is 4. The molecule has 0 aliphatic carbocycles. The molecule has 0 fully saturated rings. The zero-order valence-electron chi connectivity index (χ0n) is 13.1. The van der Waals surface area contributed by atoms with E-state index in [9.17, 15) is 9.59 Å². The minimum atomic E-state index is -1.11. The number of amides is 2. The van der Waals surface area contributed by atoms with Gasteiger partial charge in [-0.3, -0.25) is 9.59 Å². The first-order chi connectivity index (χ1) is 9.14. The molecule has 0 saturated heterocycles. The minimum Gasteiger partial charge on any atom is -0.353 e. The van der Waals surface area contributed by atoms with Crippen molar-refractivity contribution >= 4 is 17.5 Å². The Labute approximate surface area is 121 Å². The minimum absolute atomic E-state index is 0.00989. The summed E-state index contributed by atoms with van der Waals surface area (Å²) in [5.41, 5.74) is 1.75. The van der Waals surface area contributed by atoms with E-state index in [-0.39, 0.29) is 17.9 Å². The van der Waals surface area contributed by atoms with Crippen molar-refractivity contribution in [1.82, 2.24) is 5.32 Å². The van der Waals surface area contributed by atoms with Gasteiger partial charge in [0.25, 0.3) is 0 Å². The van der Waals surface area contributed by atoms with E-state index in [2.05, 4.69) is 10.6 Å². The number of nitrogens with one attached hydrogen (secondary N) is 2. The van der Waals surface area contributed by atoms with Gasteiger partial charge in [0.15, 0.2) is 0 Å². The second-order valence-electron chi connectivity index (χ2n) is 6.03. The summed E-state index contributed by atoms with van der Waals surface area (Å²) in [5.74, 6) is -0.572. The van der Waals surface area contributed by atoms with E-state index in [1.165, 1.54) is 0 Å². The molecule has 0 saturated carbocycles. The van der Waals surface area contributed by atoms with Crippen LogP contribution in [-0.4, -0.2) is 17.9 Å². The molecule has 0 radical (unpaired) electrons. The Morgan fingerprint density at radius 2 is 1.70 bits per heavy atom. The van der Waals surface area contributed by atoms with Gasteiger partial charge in [0.2, 0.25) is 11.8 Å². The molecule has 0 unspecified atom stereocenters. The van der Waals surface area contributed by atoms with Crippen LogP contribution in [0.2, 0.25) is 0 Å². The second-order valence-corrected chi connectivity index (χ2v) is 6.03. The van der Waals surface area contributed by atoms with Crippen LogP contribution in [0.5, 0.6) is 0 Å². The molecule has 1 aromatic carbocycles. The van der Waals surface area contributed by atoms with Crippen LogP contribution in [0.15, 0.2) is 18.2 Å². The van der Waals surface area contributed by atoms with Crippen molar-refractivity contribution in [1.29, 1.82) is 0 Å². The maximum absolute atomic E-state index is 12.3. The van der Waals surface area contributed by atoms with Gasteiger partial charge in [0.05, 0.1) is 0 Å². The number of hydrogen-bond acceptors (Lipinski definition) is 2. The van der Waals surface area contributed by atoms with E-state index < -0.39 is 5.41 Å². The Kier molecular flexibility index (Phi) is 4.93. The summed E-state index contributed by atoms with van der Waals surface area (Å²) in [6, 6.07) is 5.80. The number of hydrogen-bond donors (Lipinski definition) is 2. The number of carbonyl (C=O) groups excluding carboxylic acids is 2. The largest absolute Gasteiger partial charge is 0.353 e. The third-order valence-electron chi connectivity index (χ3n) is 3.19. The van der Waals surface area contributed by atoms with Crippen LogP contribution in [0, 0.1) is 19.3 Å². The highest BCUT2D eigenvalue weighted by Crippen LogP contribution is 2.22. The van der Waals surface area contributed by atoms with Gasteiger partial charge in [-0.2, -0.15) is 0 Å². The van der Waals surface area contributed by atoms with Gasteiger partial charge in [-0.25, -0.2) is 0 Å². The van der Waals surface area contributed by atoms with Crippen molar-refractivity contribution in [3.63, 3.8) is 0 Å². The highest BCUT2D eigenvalue weighted by atomic mass is 16.2. The molecule has 0 aromatic heterocycles. The average molecular weight is 276 g/mol. The molecule has 2 N–H and O–H groups in total. The Bertz CT molecular complexity index is 519. The summed E-state index contributed by atoms with van der Waals surface area (Å²) in [4.78, 5) is 24.4. The molecule has 0 heterocycles. The van der Waals surface area contributed by atoms with Crippen molar-refractivity contribution in [3.05, 3.63) is 29.3 Å². The molecule has 1 aromatic rings. The van der Waals surface area contributed by atoms with E-state index >= 15 is 0 Å². The molecule has 0 aliphatic heterocycles. The third-order valence-corrected chi connectivity index (χ3v) is 3.19. The van der Waals surface area contributed by atoms with Crippen molar-refractivity contribution in [2.45, 2.75) is 47.6 Å². The van der Waals surface area contributed by atoms with Gasteiger partial charge in [-0.15, -0.1) is 0 Å². The quantitative estimate of drug-likeness (QED) is 0.831. The fraction of sp³-hybridized carbons (Fsp3) is 0.500. The fourth-order valence-electron chi connectivity index (χ4n) is 1.78. The van der Waals surface area contributed by atoms with E-state index in [0.717, 1.165) is 16.8 Å². The van der Waals surface area contributed by atoms with Crippen LogP contribution in [0.1, 0.15) is 38.8 Å². The van der Waals surface area contributed by atoms with Crippen molar-refractivity contribution < 1.29 is 9.59 Å². The van der Waals surface area contributed by atoms with Gasteiger partial charge in [-0.05, 0) is 53.2 Å². The molecular formula is C16H24N2O2. The Hall–Kier alpha value is -1.84. The number of carbonyl (C=O) groups is 2. The summed E-state index contributed by atoms with van der Waals surface area (Å²) in [7, 11) is 0. The van der Waals surface area contributed by atoms with Crippen molar-refractivity contribution in [3.8, 4) is 0 Å². The Morgan fingerprint density at radius 3 is 2.20 bits per heavy atom. The second kappa shape index (κ2) is 6.07. The molecule has 4 heteroatoms. The van der Waals surface area contributed by atoms with Crippen molar-refractivity contribution in [2.75, 3.05) is 5.32 Å². The topological polar surface area (TPSA) is 58.2 Å². The fourth-order valence-corrected chi connectivity index (χ4v) is 1.78. The maximum atomic E-state index is 12.3. The van der Waals surface area contributed by atoms with Gasteiger partial charge < -0.3 is 10.6 Å². The maximum Gasteiger partial charge on any atom is 0.239 e. The lowest BCUT2D eigenvalue weighted by Crippen LogP contribution is -2.47. The molecule has 110 valence electrons. The van der Waals surface area contributed by atoms with Crippen LogP contribution < -0.4 is 10.6 Å². The number of anilines is 1. The van der Waals surface area contributed by atoms with Gasteiger partial charge >= 0.3 is 0 Å². The van der Waals surface area contributed by atoms with E-state index in [1.54, 1.807) is 13.8 Å². The van der Waals surface area contributed by atoms with Crippen LogP contribution in [0.25, 0.3) is 0 Å². The third kappa shape index (κ3) is 3.83. The molecule has 20 heavy (non-hydrogen) atoms. The predicted octanol–water partition coefficient (Wildman–Crippen LogP) is 2.79. The molecule has 0 aliphatic rings. The summed E-state index contributed by atoms with van der Waals surface area (Å²) >= 11 is 0. The highest BCUT2D eigenvalue weighted by molar-refractivity contribution is 6.10. The lowest BCUT2D eigenvalue weighted by atomic mass is 9.90. The van der Waals surface area contributed by atoms with Gasteiger partial charge in [-0.1, -0.05) is 17.7 Å². The lowest BCUT2D eigenvalue weighted by molar-refractivity contribution is -0.138. The zero-order chi connectivity index (χ0) is 15.5. The standard InChI is InChI=1S/C16H24N2O2/c1-10(2)17-14(19)16(5,6)15(20)18-13-8-7-11(3)9-12(13)4/h7-10H,1-6H3,(H,17,19)(H,18,20). The first-order valence-corrected chi connectivity index (χ1v) is 6.84. The van der Waals surface area contributed by atoms with Crippen LogP contribution in [0.3, 0.4) is 0 Å². The smallest absolute Gasteiger partial charge is 0.239 e. The molecule has 0 bridgehead atoms.